The van der Waals surface area contributed by atoms with Gasteiger partial charge in [-0.3, -0.25) is 9.48 Å². The second kappa shape index (κ2) is 19.6. The van der Waals surface area contributed by atoms with Gasteiger partial charge < -0.3 is 49.9 Å². The predicted molar refractivity (Wildman–Crippen MR) is 260 cm³/mol. The molecule has 0 spiro atoms. The van der Waals surface area contributed by atoms with Gasteiger partial charge in [0.2, 0.25) is 5.91 Å². The number of halogens is 3. The van der Waals surface area contributed by atoms with Gasteiger partial charge >= 0.3 is 6.29 Å². The number of nitrogens with zero attached hydrogens (tertiary/aromatic N) is 5. The third-order valence-corrected chi connectivity index (χ3v) is 13.2. The van der Waals surface area contributed by atoms with Crippen molar-refractivity contribution >= 4 is 28.3 Å². The van der Waals surface area contributed by atoms with Crippen LogP contribution in [0, 0.1) is 11.7 Å². The molecule has 0 bridgehead atoms. The topological polar surface area (TPSA) is 201 Å². The first kappa shape index (κ1) is 48.9. The summed E-state index contributed by atoms with van der Waals surface area (Å²) in [6.07, 6.45) is 0.220. The van der Waals surface area contributed by atoms with E-state index in [4.69, 9.17) is 20.2 Å². The van der Waals surface area contributed by atoms with Crippen molar-refractivity contribution in [3.63, 3.8) is 0 Å². The highest BCUT2D eigenvalue weighted by Crippen LogP contribution is 2.52. The van der Waals surface area contributed by atoms with Gasteiger partial charge in [-0.05, 0) is 102 Å². The minimum atomic E-state index is -3.79. The fourth-order valence-electron chi connectivity index (χ4n) is 9.31. The number of ether oxygens (including phenoxy) is 4. The monoisotopic (exact) mass is 975 g/mol. The molecule has 0 radical (unpaired) electrons. The van der Waals surface area contributed by atoms with Crippen LogP contribution in [-0.4, -0.2) is 71.9 Å². The standard InChI is InChI=1S/C53H56F3N7O8/c1-5-39-47(32-7-12-37(65)13-8-32)42(58-49(57)48(39)33-9-14-38(66)15-10-33)29-69-28-36-26-62(61-60-36)19-6-20-68-27-31(2)25-63-43-24-40(54)41(21-34(43)22-46(63)51(3,4)30-64)59-50(67)52(17-18-52)35-11-16-44-45(23-35)71-53(55,56)70-44/h7-16,21-24,26,31,64-66H,5-6,17-20,25,27-30H2,1-4H3,(H2,57,58)(H,59,67)/t31-/m1/s1. The van der Waals surface area contributed by atoms with E-state index < -0.39 is 28.8 Å². The number of rotatable bonds is 20. The Balaban J connectivity index is 0.794. The molecule has 1 aliphatic carbocycles. The van der Waals surface area contributed by atoms with Crippen LogP contribution in [0.4, 0.5) is 24.7 Å². The van der Waals surface area contributed by atoms with Crippen molar-refractivity contribution in [2.75, 3.05) is 30.9 Å². The molecule has 6 N–H and O–H groups in total. The van der Waals surface area contributed by atoms with Crippen molar-refractivity contribution in [3.05, 3.63) is 125 Å². The molecule has 4 heterocycles. The molecular formula is C53H56F3N7O8. The van der Waals surface area contributed by atoms with Crippen molar-refractivity contribution in [2.45, 2.75) is 96.8 Å². The number of aliphatic hydroxyl groups excluding tert-OH is 1. The number of carbonyl (C=O) groups excluding carboxylic acids is 1. The van der Waals surface area contributed by atoms with E-state index >= 15 is 4.39 Å². The molecule has 3 aromatic heterocycles. The molecule has 15 nitrogen and oxygen atoms in total. The lowest BCUT2D eigenvalue weighted by molar-refractivity contribution is -0.286. The Hall–Kier alpha value is -7.15. The largest absolute Gasteiger partial charge is 0.586 e. The molecule has 1 amide bonds. The Morgan fingerprint density at radius 1 is 0.930 bits per heavy atom. The highest BCUT2D eigenvalue weighted by Gasteiger charge is 2.53. The van der Waals surface area contributed by atoms with E-state index in [1.807, 2.05) is 56.7 Å². The molecule has 71 heavy (non-hydrogen) atoms. The van der Waals surface area contributed by atoms with Crippen molar-refractivity contribution < 1.29 is 52.2 Å². The van der Waals surface area contributed by atoms with Crippen LogP contribution in [-0.2, 0) is 57.8 Å². The first-order valence-electron chi connectivity index (χ1n) is 23.6. The summed E-state index contributed by atoms with van der Waals surface area (Å²) < 4.78 is 68.4. The van der Waals surface area contributed by atoms with Gasteiger partial charge in [-0.2, -0.15) is 0 Å². The number of benzene rings is 4. The Bertz CT molecular complexity index is 3080. The minimum Gasteiger partial charge on any atom is -0.508 e. The third kappa shape index (κ3) is 10.2. The zero-order chi connectivity index (χ0) is 50.2. The lowest BCUT2D eigenvalue weighted by Crippen LogP contribution is -2.28. The number of nitrogens with one attached hydrogen (secondary N) is 1. The number of anilines is 2. The fourth-order valence-corrected chi connectivity index (χ4v) is 9.31. The third-order valence-electron chi connectivity index (χ3n) is 13.2. The van der Waals surface area contributed by atoms with Gasteiger partial charge in [0, 0.05) is 53.4 Å². The highest BCUT2D eigenvalue weighted by atomic mass is 19.3. The van der Waals surface area contributed by atoms with Crippen LogP contribution < -0.4 is 20.5 Å². The van der Waals surface area contributed by atoms with E-state index in [1.165, 1.54) is 18.2 Å². The van der Waals surface area contributed by atoms with Crippen LogP contribution in [0.1, 0.15) is 75.2 Å². The Kier molecular flexibility index (Phi) is 13.5. The van der Waals surface area contributed by atoms with Gasteiger partial charge in [0.1, 0.15) is 28.8 Å². The quantitative estimate of drug-likeness (QED) is 0.0454. The summed E-state index contributed by atoms with van der Waals surface area (Å²) in [6, 6.07) is 22.9. The minimum absolute atomic E-state index is 0.00963. The first-order chi connectivity index (χ1) is 34.0. The summed E-state index contributed by atoms with van der Waals surface area (Å²) in [5, 5.41) is 42.3. The summed E-state index contributed by atoms with van der Waals surface area (Å²) in [4.78, 5) is 18.5. The van der Waals surface area contributed by atoms with Crippen molar-refractivity contribution in [1.82, 2.24) is 24.5 Å². The van der Waals surface area contributed by atoms with Crippen molar-refractivity contribution in [3.8, 4) is 45.3 Å². The molecule has 372 valence electrons. The number of alkyl halides is 2. The summed E-state index contributed by atoms with van der Waals surface area (Å²) in [5.74, 6) is -0.769. The van der Waals surface area contributed by atoms with E-state index in [0.717, 1.165) is 33.5 Å². The average molecular weight is 976 g/mol. The first-order valence-corrected chi connectivity index (χ1v) is 23.6. The van der Waals surface area contributed by atoms with Gasteiger partial charge in [0.25, 0.3) is 0 Å². The second-order valence-electron chi connectivity index (χ2n) is 19.1. The maximum atomic E-state index is 16.0. The lowest BCUT2D eigenvalue weighted by Gasteiger charge is -2.26. The van der Waals surface area contributed by atoms with Crippen LogP contribution in [0.3, 0.4) is 0 Å². The van der Waals surface area contributed by atoms with E-state index in [-0.39, 0.29) is 54.4 Å². The summed E-state index contributed by atoms with van der Waals surface area (Å²) in [5.41, 5.74) is 12.3. The van der Waals surface area contributed by atoms with E-state index in [0.29, 0.717) is 85.7 Å². The number of hydrogen-bond donors (Lipinski definition) is 5. The smallest absolute Gasteiger partial charge is 0.508 e. The predicted octanol–water partition coefficient (Wildman–Crippen LogP) is 9.38. The van der Waals surface area contributed by atoms with Crippen LogP contribution in [0.25, 0.3) is 33.2 Å². The second-order valence-corrected chi connectivity index (χ2v) is 19.1. The zero-order valence-electron chi connectivity index (χ0n) is 39.8. The average Bonchev–Trinajstić information content (AvgIpc) is 3.76. The molecule has 1 aliphatic heterocycles. The van der Waals surface area contributed by atoms with Crippen molar-refractivity contribution in [1.29, 1.82) is 0 Å². The number of amides is 1. The number of nitrogen functional groups attached to an aromatic ring is 1. The Morgan fingerprint density at radius 2 is 1.62 bits per heavy atom. The molecule has 18 heteroatoms. The number of aromatic hydroxyl groups is 2. The number of aromatic nitrogens is 5. The van der Waals surface area contributed by atoms with E-state index in [1.54, 1.807) is 53.2 Å². The normalized spacial score (nSPS) is 15.0. The number of hydrogen-bond acceptors (Lipinski definition) is 12. The lowest BCUT2D eigenvalue weighted by atomic mass is 9.89. The van der Waals surface area contributed by atoms with E-state index in [9.17, 15) is 28.9 Å². The Labute approximate surface area is 408 Å². The molecule has 4 aromatic carbocycles. The highest BCUT2D eigenvalue weighted by molar-refractivity contribution is 6.03. The van der Waals surface area contributed by atoms with Crippen LogP contribution >= 0.6 is 0 Å². The van der Waals surface area contributed by atoms with Gasteiger partial charge in [0.15, 0.2) is 11.5 Å². The number of aryl methyl sites for hydroxylation is 1. The maximum absolute atomic E-state index is 16.0. The molecule has 9 rings (SSSR count). The number of carbonyl (C=O) groups is 1. The fraction of sp³-hybridized carbons (Fsp3) is 0.358. The number of phenols is 2. The summed E-state index contributed by atoms with van der Waals surface area (Å²) in [7, 11) is 0. The van der Waals surface area contributed by atoms with Crippen LogP contribution in [0.15, 0.2) is 91.1 Å². The number of pyridine rings is 1. The van der Waals surface area contributed by atoms with Gasteiger partial charge in [-0.1, -0.05) is 63.2 Å². The van der Waals surface area contributed by atoms with Crippen LogP contribution in [0.2, 0.25) is 0 Å². The van der Waals surface area contributed by atoms with Gasteiger partial charge in [0.05, 0.1) is 54.9 Å². The maximum Gasteiger partial charge on any atom is 0.586 e. The Morgan fingerprint density at radius 3 is 2.30 bits per heavy atom. The molecule has 7 aromatic rings. The van der Waals surface area contributed by atoms with Gasteiger partial charge in [-0.25, -0.2) is 9.37 Å². The van der Waals surface area contributed by atoms with Gasteiger partial charge in [-0.15, -0.1) is 13.9 Å². The molecule has 1 fully saturated rings. The molecule has 1 saturated carbocycles. The molecule has 2 aliphatic rings. The molecule has 1 atom stereocenters. The van der Waals surface area contributed by atoms with Crippen LogP contribution in [0.5, 0.6) is 23.0 Å². The number of aliphatic hydroxyl groups is 1. The number of fused-ring (bicyclic) bond motifs is 2. The van der Waals surface area contributed by atoms with Crippen molar-refractivity contribution in [2.24, 2.45) is 5.92 Å². The molecular weight excluding hydrogens is 920 g/mol. The molecule has 0 saturated heterocycles. The molecule has 0 unspecified atom stereocenters. The van der Waals surface area contributed by atoms with E-state index in [2.05, 4.69) is 25.1 Å². The summed E-state index contributed by atoms with van der Waals surface area (Å²) in [6.45, 7) is 9.90. The number of phenolic OH excluding ortho intramolecular Hbond substituents is 2. The zero-order valence-corrected chi connectivity index (χ0v) is 39.8. The number of nitrogens with two attached hydrogens (primary N) is 1. The summed E-state index contributed by atoms with van der Waals surface area (Å²) >= 11 is 0. The SMILES string of the molecule is CCc1c(-c2ccc(O)cc2)c(N)nc(COCc2cn(CCCOC[C@H](C)Cn3c(C(C)(C)CO)cc4cc(NC(=O)C5(c6ccc7c(c6)OC(F)(F)O7)CC5)c(F)cc43)nn2)c1-c1ccc(O)cc1.